The largest absolute Gasteiger partial charge is 0.493 e. The van der Waals surface area contributed by atoms with Crippen molar-refractivity contribution in [3.63, 3.8) is 0 Å². The topological polar surface area (TPSA) is 72.6 Å². The van der Waals surface area contributed by atoms with E-state index in [9.17, 15) is 9.59 Å². The first-order valence-corrected chi connectivity index (χ1v) is 11.0. The number of carbonyl (C=O) groups excluding carboxylic acids is 2. The minimum absolute atomic E-state index is 0.0273. The third kappa shape index (κ3) is 6.01. The van der Waals surface area contributed by atoms with Crippen LogP contribution in [-0.4, -0.2) is 36.4 Å². The SMILES string of the molecule is CC(C)(C)c1ccc(C(=O)N2CCC[C@@](COc3ccc(Cl)cc3)(CC(N)=O)C2)cc1. The molecule has 5 nitrogen and oxygen atoms in total. The number of ether oxygens (including phenoxy) is 1. The fourth-order valence-electron chi connectivity index (χ4n) is 4.13. The average molecular weight is 443 g/mol. The van der Waals surface area contributed by atoms with E-state index < -0.39 is 5.41 Å². The monoisotopic (exact) mass is 442 g/mol. The first kappa shape index (κ1) is 23.1. The molecule has 1 heterocycles. The number of halogens is 1. The quantitative estimate of drug-likeness (QED) is 0.697. The Kier molecular flexibility index (Phi) is 6.95. The van der Waals surface area contributed by atoms with Crippen LogP contribution in [0.2, 0.25) is 5.02 Å². The van der Waals surface area contributed by atoms with Crippen molar-refractivity contribution in [1.29, 1.82) is 0 Å². The van der Waals surface area contributed by atoms with E-state index in [1.165, 1.54) is 5.56 Å². The Morgan fingerprint density at radius 2 is 1.74 bits per heavy atom. The summed E-state index contributed by atoms with van der Waals surface area (Å²) in [7, 11) is 0. The zero-order chi connectivity index (χ0) is 22.6. The number of hydrogen-bond acceptors (Lipinski definition) is 3. The predicted octanol–water partition coefficient (Wildman–Crippen LogP) is 4.81. The Labute approximate surface area is 189 Å². The number of benzene rings is 2. The fraction of sp³-hybridized carbons (Fsp3) is 0.440. The van der Waals surface area contributed by atoms with Crippen LogP contribution in [-0.2, 0) is 10.2 Å². The molecule has 1 saturated heterocycles. The number of rotatable bonds is 6. The lowest BCUT2D eigenvalue weighted by atomic mass is 9.77. The number of likely N-dealkylation sites (tertiary alicyclic amines) is 1. The predicted molar refractivity (Wildman–Crippen MR) is 123 cm³/mol. The molecule has 0 unspecified atom stereocenters. The van der Waals surface area contributed by atoms with E-state index in [4.69, 9.17) is 22.1 Å². The smallest absolute Gasteiger partial charge is 0.253 e. The van der Waals surface area contributed by atoms with Crippen LogP contribution >= 0.6 is 11.6 Å². The summed E-state index contributed by atoms with van der Waals surface area (Å²) in [6.07, 6.45) is 1.74. The molecule has 1 atom stereocenters. The molecule has 31 heavy (non-hydrogen) atoms. The van der Waals surface area contributed by atoms with E-state index in [-0.39, 0.29) is 23.7 Å². The van der Waals surface area contributed by atoms with E-state index in [0.717, 1.165) is 12.8 Å². The maximum atomic E-state index is 13.2. The number of amides is 2. The van der Waals surface area contributed by atoms with Crippen LogP contribution in [0.25, 0.3) is 0 Å². The standard InChI is InChI=1S/C25H31ClN2O3/c1-24(2,3)19-7-5-18(6-8-19)23(30)28-14-4-13-25(16-28,15-22(27)29)17-31-21-11-9-20(26)10-12-21/h5-12H,4,13-17H2,1-3H3,(H2,27,29)/t25-/m1/s1. The van der Waals surface area contributed by atoms with Crippen LogP contribution in [0.1, 0.15) is 56.0 Å². The van der Waals surface area contributed by atoms with Gasteiger partial charge in [-0.15, -0.1) is 0 Å². The van der Waals surface area contributed by atoms with E-state index in [1.54, 1.807) is 24.3 Å². The second-order valence-electron chi connectivity index (χ2n) is 9.54. The molecule has 0 aliphatic carbocycles. The Hall–Kier alpha value is -2.53. The fourth-order valence-corrected chi connectivity index (χ4v) is 4.25. The second kappa shape index (κ2) is 9.31. The molecule has 0 saturated carbocycles. The molecule has 2 N–H and O–H groups in total. The molecule has 0 spiro atoms. The van der Waals surface area contributed by atoms with Gasteiger partial charge in [0, 0.05) is 35.5 Å². The van der Waals surface area contributed by atoms with Gasteiger partial charge < -0.3 is 15.4 Å². The van der Waals surface area contributed by atoms with Crippen LogP contribution in [0.15, 0.2) is 48.5 Å². The highest BCUT2D eigenvalue weighted by Gasteiger charge is 2.39. The van der Waals surface area contributed by atoms with Crippen molar-refractivity contribution >= 4 is 23.4 Å². The number of primary amides is 1. The van der Waals surface area contributed by atoms with Crippen molar-refractivity contribution < 1.29 is 14.3 Å². The van der Waals surface area contributed by atoms with Crippen LogP contribution in [0.4, 0.5) is 0 Å². The number of nitrogens with zero attached hydrogens (tertiary/aromatic N) is 1. The summed E-state index contributed by atoms with van der Waals surface area (Å²) in [6, 6.07) is 14.9. The molecule has 2 aromatic rings. The van der Waals surface area contributed by atoms with Crippen molar-refractivity contribution in [3.8, 4) is 5.75 Å². The molecule has 1 aliphatic heterocycles. The van der Waals surface area contributed by atoms with E-state index in [1.807, 2.05) is 29.2 Å². The van der Waals surface area contributed by atoms with Gasteiger partial charge in [0.15, 0.2) is 0 Å². The van der Waals surface area contributed by atoms with Gasteiger partial charge in [0.05, 0.1) is 6.61 Å². The third-order valence-corrected chi connectivity index (χ3v) is 6.11. The number of carbonyl (C=O) groups is 2. The van der Waals surface area contributed by atoms with Crippen LogP contribution in [0.3, 0.4) is 0 Å². The van der Waals surface area contributed by atoms with Crippen molar-refractivity contribution in [3.05, 3.63) is 64.7 Å². The zero-order valence-corrected chi connectivity index (χ0v) is 19.2. The summed E-state index contributed by atoms with van der Waals surface area (Å²) in [6.45, 7) is 7.84. The van der Waals surface area contributed by atoms with Gasteiger partial charge >= 0.3 is 0 Å². The molecule has 166 valence electrons. The molecule has 0 bridgehead atoms. The van der Waals surface area contributed by atoms with Gasteiger partial charge in [-0.05, 0) is 60.2 Å². The Morgan fingerprint density at radius 3 is 2.32 bits per heavy atom. The van der Waals surface area contributed by atoms with Gasteiger partial charge in [0.2, 0.25) is 5.91 Å². The van der Waals surface area contributed by atoms with Crippen LogP contribution in [0, 0.1) is 5.41 Å². The average Bonchev–Trinajstić information content (AvgIpc) is 2.72. The first-order valence-electron chi connectivity index (χ1n) is 10.6. The number of piperidine rings is 1. The van der Waals surface area contributed by atoms with E-state index in [0.29, 0.717) is 36.0 Å². The maximum Gasteiger partial charge on any atom is 0.253 e. The molecule has 2 aromatic carbocycles. The summed E-state index contributed by atoms with van der Waals surface area (Å²) in [5, 5.41) is 0.631. The van der Waals surface area contributed by atoms with Gasteiger partial charge in [-0.3, -0.25) is 9.59 Å². The molecule has 0 radical (unpaired) electrons. The molecule has 6 heteroatoms. The normalized spacial score (nSPS) is 19.2. The van der Waals surface area contributed by atoms with E-state index >= 15 is 0 Å². The lowest BCUT2D eigenvalue weighted by Crippen LogP contribution is -2.50. The van der Waals surface area contributed by atoms with Crippen molar-refractivity contribution in [2.45, 2.75) is 45.4 Å². The number of hydrogen-bond donors (Lipinski definition) is 1. The highest BCUT2D eigenvalue weighted by Crippen LogP contribution is 2.35. The lowest BCUT2D eigenvalue weighted by molar-refractivity contribution is -0.122. The molecule has 1 fully saturated rings. The summed E-state index contributed by atoms with van der Waals surface area (Å²) >= 11 is 5.94. The highest BCUT2D eigenvalue weighted by atomic mass is 35.5. The van der Waals surface area contributed by atoms with E-state index in [2.05, 4.69) is 20.8 Å². The highest BCUT2D eigenvalue weighted by molar-refractivity contribution is 6.30. The van der Waals surface area contributed by atoms with Crippen molar-refractivity contribution in [2.75, 3.05) is 19.7 Å². The van der Waals surface area contributed by atoms with Crippen molar-refractivity contribution in [1.82, 2.24) is 4.90 Å². The maximum absolute atomic E-state index is 13.2. The van der Waals surface area contributed by atoms with Gasteiger partial charge in [-0.25, -0.2) is 0 Å². The third-order valence-electron chi connectivity index (χ3n) is 5.85. The van der Waals surface area contributed by atoms with Gasteiger partial charge in [0.25, 0.3) is 5.91 Å². The Bertz CT molecular complexity index is 919. The Balaban J connectivity index is 1.75. The number of nitrogens with two attached hydrogens (primary N) is 1. The molecule has 1 aliphatic rings. The molecule has 2 amide bonds. The zero-order valence-electron chi connectivity index (χ0n) is 18.5. The summed E-state index contributed by atoms with van der Waals surface area (Å²) in [5.41, 5.74) is 6.93. The van der Waals surface area contributed by atoms with Crippen LogP contribution in [0.5, 0.6) is 5.75 Å². The molecule has 3 rings (SSSR count). The summed E-state index contributed by atoms with van der Waals surface area (Å²) < 4.78 is 5.99. The van der Waals surface area contributed by atoms with Gasteiger partial charge in [-0.1, -0.05) is 44.5 Å². The van der Waals surface area contributed by atoms with Gasteiger partial charge in [0.1, 0.15) is 5.75 Å². The summed E-state index contributed by atoms with van der Waals surface area (Å²) in [5.74, 6) is 0.262. The Morgan fingerprint density at radius 1 is 1.10 bits per heavy atom. The lowest BCUT2D eigenvalue weighted by Gasteiger charge is -2.42. The minimum Gasteiger partial charge on any atom is -0.493 e. The minimum atomic E-state index is -0.509. The summed E-state index contributed by atoms with van der Waals surface area (Å²) in [4.78, 5) is 26.9. The molecular weight excluding hydrogens is 412 g/mol. The van der Waals surface area contributed by atoms with Crippen LogP contribution < -0.4 is 10.5 Å². The van der Waals surface area contributed by atoms with Crippen molar-refractivity contribution in [2.24, 2.45) is 11.1 Å². The van der Waals surface area contributed by atoms with Gasteiger partial charge in [-0.2, -0.15) is 0 Å². The molecule has 0 aromatic heterocycles. The second-order valence-corrected chi connectivity index (χ2v) is 9.98. The first-order chi connectivity index (χ1) is 14.6. The molecular formula is C25H31ClN2O3.